The first kappa shape index (κ1) is 32.3. The Bertz CT molecular complexity index is 793. The van der Waals surface area contributed by atoms with Crippen molar-refractivity contribution in [3.63, 3.8) is 0 Å². The molecule has 7 heteroatoms. The molecule has 0 aliphatic carbocycles. The molecule has 0 aromatic heterocycles. The lowest BCUT2D eigenvalue weighted by atomic mass is 9.85. The number of amides is 2. The van der Waals surface area contributed by atoms with Gasteiger partial charge in [-0.3, -0.25) is 15.0 Å². The fraction of sp³-hybridized carbons (Fsp3) is 0.724. The Morgan fingerprint density at radius 3 is 2.08 bits per heavy atom. The number of phenolic OH excluding ortho intramolecular Hbond substituents is 1. The number of aromatic hydroxyl groups is 1. The van der Waals surface area contributed by atoms with E-state index in [-0.39, 0.29) is 34.8 Å². The molecule has 0 aliphatic heterocycles. The van der Waals surface area contributed by atoms with Crippen molar-refractivity contribution >= 4 is 29.3 Å². The molecule has 0 bridgehead atoms. The minimum absolute atomic E-state index is 0.0317. The predicted octanol–water partition coefficient (Wildman–Crippen LogP) is 6.99. The van der Waals surface area contributed by atoms with Gasteiger partial charge in [-0.2, -0.15) is 0 Å². The van der Waals surface area contributed by atoms with Gasteiger partial charge in [-0.05, 0) is 48.6 Å². The maximum absolute atomic E-state index is 12.5. The molecule has 1 rings (SSSR count). The molecule has 0 radical (unpaired) electrons. The summed E-state index contributed by atoms with van der Waals surface area (Å²) in [6.45, 7) is 12.1. The third kappa shape index (κ3) is 13.0. The lowest BCUT2D eigenvalue weighted by Gasteiger charge is -2.23. The van der Waals surface area contributed by atoms with E-state index in [2.05, 4.69) is 23.1 Å². The minimum Gasteiger partial charge on any atom is -0.507 e. The van der Waals surface area contributed by atoms with Gasteiger partial charge < -0.3 is 10.4 Å². The molecule has 0 saturated carbocycles. The van der Waals surface area contributed by atoms with E-state index in [1.807, 2.05) is 34.6 Å². The van der Waals surface area contributed by atoms with Gasteiger partial charge in [-0.1, -0.05) is 92.4 Å². The van der Waals surface area contributed by atoms with Crippen LogP contribution in [-0.2, 0) is 15.0 Å². The van der Waals surface area contributed by atoms with Gasteiger partial charge in [0.1, 0.15) is 5.75 Å². The molecule has 206 valence electrons. The Morgan fingerprint density at radius 1 is 0.944 bits per heavy atom. The molecule has 36 heavy (non-hydrogen) atoms. The molecule has 1 atom stereocenters. The Morgan fingerprint density at radius 2 is 1.53 bits per heavy atom. The van der Waals surface area contributed by atoms with Crippen molar-refractivity contribution in [1.29, 1.82) is 0 Å². The van der Waals surface area contributed by atoms with E-state index in [1.54, 1.807) is 23.9 Å². The number of carbonyl (C=O) groups excluding carboxylic acids is 2. The summed E-state index contributed by atoms with van der Waals surface area (Å²) in [6.07, 6.45) is 13.9. The van der Waals surface area contributed by atoms with E-state index in [4.69, 9.17) is 0 Å². The van der Waals surface area contributed by atoms with Crippen LogP contribution in [0.5, 0.6) is 5.75 Å². The SMILES string of the molecule is CCCCCCCCCCCCSC(CC)C(=O)NNCC(=O)Nc1cc(C)c(O)c(C(C)(C)C)c1. The summed E-state index contributed by atoms with van der Waals surface area (Å²) in [6, 6.07) is 3.55. The van der Waals surface area contributed by atoms with Gasteiger partial charge in [-0.15, -0.1) is 11.8 Å². The number of aryl methyl sites for hydroxylation is 1. The molecular weight excluding hydrogens is 470 g/mol. The molecule has 0 aliphatic rings. The Kier molecular flexibility index (Phi) is 15.9. The summed E-state index contributed by atoms with van der Waals surface area (Å²) in [5, 5.41) is 13.1. The van der Waals surface area contributed by atoms with Crippen LogP contribution in [0, 0.1) is 6.92 Å². The van der Waals surface area contributed by atoms with Crippen LogP contribution >= 0.6 is 11.8 Å². The first-order chi connectivity index (χ1) is 17.1. The van der Waals surface area contributed by atoms with E-state index in [0.717, 1.165) is 24.2 Å². The van der Waals surface area contributed by atoms with Gasteiger partial charge in [0, 0.05) is 11.3 Å². The summed E-state index contributed by atoms with van der Waals surface area (Å²) in [5.41, 5.74) is 7.32. The normalized spacial score (nSPS) is 12.4. The second-order valence-corrected chi connectivity index (χ2v) is 12.1. The first-order valence-electron chi connectivity index (χ1n) is 13.9. The van der Waals surface area contributed by atoms with Crippen molar-refractivity contribution in [2.45, 2.75) is 123 Å². The second kappa shape index (κ2) is 17.7. The Balaban J connectivity index is 2.27. The van der Waals surface area contributed by atoms with Crippen molar-refractivity contribution in [1.82, 2.24) is 10.9 Å². The standard InChI is InChI=1S/C29H51N3O3S/c1-7-9-10-11-12-13-14-15-16-17-18-36-25(8-2)28(35)32-30-21-26(33)31-23-19-22(3)27(34)24(20-23)29(4,5)6/h19-20,25,30,34H,7-18,21H2,1-6H3,(H,31,33)(H,32,35). The minimum atomic E-state index is -0.258. The molecule has 4 N–H and O–H groups in total. The highest BCUT2D eigenvalue weighted by Gasteiger charge is 2.21. The van der Waals surface area contributed by atoms with Crippen molar-refractivity contribution in [2.24, 2.45) is 0 Å². The number of unbranched alkanes of at least 4 members (excludes halogenated alkanes) is 9. The lowest BCUT2D eigenvalue weighted by molar-refractivity contribution is -0.122. The van der Waals surface area contributed by atoms with Crippen molar-refractivity contribution in [2.75, 3.05) is 17.6 Å². The number of carbonyl (C=O) groups is 2. The van der Waals surface area contributed by atoms with E-state index >= 15 is 0 Å². The first-order valence-corrected chi connectivity index (χ1v) is 14.9. The van der Waals surface area contributed by atoms with Gasteiger partial charge in [0.05, 0.1) is 11.8 Å². The summed E-state index contributed by atoms with van der Waals surface area (Å²) in [5.74, 6) is 0.898. The van der Waals surface area contributed by atoms with Gasteiger partial charge in [0.2, 0.25) is 11.8 Å². The smallest absolute Gasteiger partial charge is 0.247 e. The summed E-state index contributed by atoms with van der Waals surface area (Å²) < 4.78 is 0. The van der Waals surface area contributed by atoms with E-state index < -0.39 is 0 Å². The topological polar surface area (TPSA) is 90.5 Å². The third-order valence-electron chi connectivity index (χ3n) is 6.33. The number of hydrogen-bond acceptors (Lipinski definition) is 5. The zero-order valence-corrected chi connectivity index (χ0v) is 24.4. The predicted molar refractivity (Wildman–Crippen MR) is 155 cm³/mol. The summed E-state index contributed by atoms with van der Waals surface area (Å²) >= 11 is 1.70. The van der Waals surface area contributed by atoms with Crippen LogP contribution < -0.4 is 16.2 Å². The summed E-state index contributed by atoms with van der Waals surface area (Å²) in [7, 11) is 0. The number of rotatable bonds is 18. The molecule has 0 spiro atoms. The molecule has 6 nitrogen and oxygen atoms in total. The van der Waals surface area contributed by atoms with Crippen LogP contribution in [0.25, 0.3) is 0 Å². The number of anilines is 1. The number of thioether (sulfide) groups is 1. The van der Waals surface area contributed by atoms with Gasteiger partial charge in [-0.25, -0.2) is 5.43 Å². The molecule has 0 saturated heterocycles. The van der Waals surface area contributed by atoms with Gasteiger partial charge >= 0.3 is 0 Å². The van der Waals surface area contributed by atoms with Crippen LogP contribution in [0.2, 0.25) is 0 Å². The van der Waals surface area contributed by atoms with Crippen molar-refractivity contribution in [3.05, 3.63) is 23.3 Å². The van der Waals surface area contributed by atoms with Crippen molar-refractivity contribution in [3.8, 4) is 5.75 Å². The number of hydrogen-bond donors (Lipinski definition) is 4. The van der Waals surface area contributed by atoms with Crippen LogP contribution in [0.1, 0.15) is 116 Å². The van der Waals surface area contributed by atoms with Crippen LogP contribution in [0.3, 0.4) is 0 Å². The molecule has 1 aromatic carbocycles. The monoisotopic (exact) mass is 521 g/mol. The van der Waals surface area contributed by atoms with Gasteiger partial charge in [0.15, 0.2) is 0 Å². The molecule has 2 amide bonds. The van der Waals surface area contributed by atoms with Gasteiger partial charge in [0.25, 0.3) is 0 Å². The second-order valence-electron chi connectivity index (χ2n) is 10.8. The highest BCUT2D eigenvalue weighted by molar-refractivity contribution is 8.00. The Labute approximate surface area is 224 Å². The number of phenols is 1. The maximum Gasteiger partial charge on any atom is 0.247 e. The molecule has 1 aromatic rings. The van der Waals surface area contributed by atoms with Crippen LogP contribution in [0.15, 0.2) is 12.1 Å². The highest BCUT2D eigenvalue weighted by Crippen LogP contribution is 2.35. The third-order valence-corrected chi connectivity index (χ3v) is 7.81. The number of benzene rings is 1. The quantitative estimate of drug-likeness (QED) is 0.0949. The van der Waals surface area contributed by atoms with Crippen molar-refractivity contribution < 1.29 is 14.7 Å². The molecule has 0 heterocycles. The highest BCUT2D eigenvalue weighted by atomic mass is 32.2. The maximum atomic E-state index is 12.5. The van der Waals surface area contributed by atoms with E-state index in [9.17, 15) is 14.7 Å². The lowest BCUT2D eigenvalue weighted by Crippen LogP contribution is -2.45. The average Bonchev–Trinajstić information content (AvgIpc) is 2.81. The largest absolute Gasteiger partial charge is 0.507 e. The Hall–Kier alpha value is -1.73. The average molecular weight is 522 g/mol. The fourth-order valence-electron chi connectivity index (χ4n) is 4.11. The van der Waals surface area contributed by atoms with E-state index in [1.165, 1.54) is 57.8 Å². The zero-order valence-electron chi connectivity index (χ0n) is 23.6. The molecule has 1 unspecified atom stereocenters. The zero-order chi connectivity index (χ0) is 27.0. The van der Waals surface area contributed by atoms with Crippen LogP contribution in [-0.4, -0.2) is 34.5 Å². The molecule has 0 fully saturated rings. The fourth-order valence-corrected chi connectivity index (χ4v) is 5.22. The summed E-state index contributed by atoms with van der Waals surface area (Å²) in [4.78, 5) is 24.9. The number of nitrogens with one attached hydrogen (secondary N) is 3. The number of hydrazine groups is 1. The molecular formula is C29H51N3O3S. The van der Waals surface area contributed by atoms with E-state index in [0.29, 0.717) is 11.3 Å². The van der Waals surface area contributed by atoms with Crippen LogP contribution in [0.4, 0.5) is 5.69 Å².